The molecule has 0 heterocycles. The molecule has 0 bridgehead atoms. The van der Waals surface area contributed by atoms with Gasteiger partial charge in [-0.1, -0.05) is 18.2 Å². The third-order valence-electron chi connectivity index (χ3n) is 5.20. The molecule has 192 valence electrons. The zero-order valence-electron chi connectivity index (χ0n) is 21.4. The number of sulfonamides is 1. The first kappa shape index (κ1) is 28.0. The van der Waals surface area contributed by atoms with Crippen LogP contribution in [0.5, 0.6) is 11.5 Å². The lowest BCUT2D eigenvalue weighted by atomic mass is 10.1. The van der Waals surface area contributed by atoms with Crippen molar-refractivity contribution in [3.8, 4) is 11.5 Å². The Bertz CT molecular complexity index is 1130. The molecule has 0 aliphatic heterocycles. The Hall–Kier alpha value is -3.27. The summed E-state index contributed by atoms with van der Waals surface area (Å²) in [6.07, 6.45) is 1.03. The lowest BCUT2D eigenvalue weighted by Crippen LogP contribution is -2.54. The minimum atomic E-state index is -3.81. The lowest BCUT2D eigenvalue weighted by Gasteiger charge is -2.33. The third kappa shape index (κ3) is 8.17. The van der Waals surface area contributed by atoms with Crippen LogP contribution in [0.4, 0.5) is 5.69 Å². The number of nitrogens with one attached hydrogen (secondary N) is 1. The maximum absolute atomic E-state index is 13.6. The molecule has 1 atom stereocenters. The van der Waals surface area contributed by atoms with E-state index < -0.39 is 34.1 Å². The van der Waals surface area contributed by atoms with Gasteiger partial charge in [0.2, 0.25) is 21.8 Å². The zero-order valence-corrected chi connectivity index (χ0v) is 22.2. The van der Waals surface area contributed by atoms with Gasteiger partial charge in [0.15, 0.2) is 0 Å². The second kappa shape index (κ2) is 11.4. The summed E-state index contributed by atoms with van der Waals surface area (Å²) in [4.78, 5) is 27.9. The van der Waals surface area contributed by atoms with E-state index in [4.69, 9.17) is 9.47 Å². The van der Waals surface area contributed by atoms with Crippen LogP contribution in [0.1, 0.15) is 33.3 Å². The molecule has 0 fully saturated rings. The van der Waals surface area contributed by atoms with Crippen molar-refractivity contribution in [2.75, 3.05) is 31.3 Å². The van der Waals surface area contributed by atoms with Crippen molar-refractivity contribution < 1.29 is 27.5 Å². The summed E-state index contributed by atoms with van der Waals surface area (Å²) in [5.41, 5.74) is 0.553. The van der Waals surface area contributed by atoms with E-state index in [1.807, 2.05) is 20.8 Å². The standard InChI is InChI=1S/C25H35N3O6S/c1-18(24(30)26-25(2,3)4)27(16-19-11-13-21(33-5)14-12-19)23(29)17-28(35(7,31)32)20-9-8-10-22(15-20)34-6/h8-15,18H,16-17H2,1-7H3,(H,26,30)/t18-/m0/s1. The molecule has 0 saturated carbocycles. The van der Waals surface area contributed by atoms with E-state index >= 15 is 0 Å². The number of rotatable bonds is 10. The van der Waals surface area contributed by atoms with E-state index in [0.717, 1.165) is 16.1 Å². The quantitative estimate of drug-likeness (QED) is 0.532. The highest BCUT2D eigenvalue weighted by molar-refractivity contribution is 7.92. The van der Waals surface area contributed by atoms with E-state index in [-0.39, 0.29) is 18.1 Å². The fourth-order valence-corrected chi connectivity index (χ4v) is 4.21. The summed E-state index contributed by atoms with van der Waals surface area (Å²) in [5, 5.41) is 2.89. The molecular weight excluding hydrogens is 470 g/mol. The molecule has 2 rings (SSSR count). The number of carbonyl (C=O) groups is 2. The van der Waals surface area contributed by atoms with Gasteiger partial charge in [0.25, 0.3) is 0 Å². The van der Waals surface area contributed by atoms with Crippen LogP contribution < -0.4 is 19.1 Å². The van der Waals surface area contributed by atoms with Gasteiger partial charge in [0, 0.05) is 18.2 Å². The molecule has 2 aromatic carbocycles. The largest absolute Gasteiger partial charge is 0.497 e. The van der Waals surface area contributed by atoms with E-state index in [9.17, 15) is 18.0 Å². The molecule has 10 heteroatoms. The Morgan fingerprint density at radius 1 is 1.00 bits per heavy atom. The summed E-state index contributed by atoms with van der Waals surface area (Å²) in [6, 6.07) is 12.7. The van der Waals surface area contributed by atoms with Gasteiger partial charge in [-0.25, -0.2) is 8.42 Å². The number of anilines is 1. The monoisotopic (exact) mass is 505 g/mol. The van der Waals surface area contributed by atoms with Gasteiger partial charge in [-0.3, -0.25) is 13.9 Å². The van der Waals surface area contributed by atoms with Gasteiger partial charge in [0.05, 0.1) is 26.2 Å². The molecule has 0 aromatic heterocycles. The topological polar surface area (TPSA) is 105 Å². The number of benzene rings is 2. The number of carbonyl (C=O) groups excluding carboxylic acids is 2. The molecule has 0 spiro atoms. The summed E-state index contributed by atoms with van der Waals surface area (Å²) in [7, 11) is -0.784. The van der Waals surface area contributed by atoms with Crippen LogP contribution in [0, 0.1) is 0 Å². The molecule has 0 aliphatic rings. The summed E-state index contributed by atoms with van der Waals surface area (Å²) in [6.45, 7) is 6.80. The Labute approximate surface area is 208 Å². The highest BCUT2D eigenvalue weighted by Gasteiger charge is 2.31. The predicted molar refractivity (Wildman–Crippen MR) is 136 cm³/mol. The van der Waals surface area contributed by atoms with Crippen molar-refractivity contribution in [2.24, 2.45) is 0 Å². The van der Waals surface area contributed by atoms with Crippen LogP contribution >= 0.6 is 0 Å². The van der Waals surface area contributed by atoms with Crippen molar-refractivity contribution >= 4 is 27.5 Å². The van der Waals surface area contributed by atoms with Gasteiger partial charge < -0.3 is 19.7 Å². The van der Waals surface area contributed by atoms with Gasteiger partial charge in [-0.05, 0) is 57.5 Å². The molecular formula is C25H35N3O6S. The SMILES string of the molecule is COc1ccc(CN(C(=O)CN(c2cccc(OC)c2)S(C)(=O)=O)[C@@H](C)C(=O)NC(C)(C)C)cc1. The maximum Gasteiger partial charge on any atom is 0.244 e. The maximum atomic E-state index is 13.6. The van der Waals surface area contributed by atoms with Crippen molar-refractivity contribution in [1.29, 1.82) is 0 Å². The number of nitrogens with zero attached hydrogens (tertiary/aromatic N) is 2. The van der Waals surface area contributed by atoms with Gasteiger partial charge in [-0.15, -0.1) is 0 Å². The number of hydrogen-bond donors (Lipinski definition) is 1. The zero-order chi connectivity index (χ0) is 26.4. The first-order valence-electron chi connectivity index (χ1n) is 11.1. The summed E-state index contributed by atoms with van der Waals surface area (Å²) in [5.74, 6) is 0.250. The first-order chi connectivity index (χ1) is 16.2. The molecule has 2 amide bonds. The normalized spacial score (nSPS) is 12.4. The Morgan fingerprint density at radius 2 is 1.60 bits per heavy atom. The molecule has 35 heavy (non-hydrogen) atoms. The number of ether oxygens (including phenoxy) is 2. The van der Waals surface area contributed by atoms with Gasteiger partial charge >= 0.3 is 0 Å². The van der Waals surface area contributed by atoms with Gasteiger partial charge in [-0.2, -0.15) is 0 Å². The number of amides is 2. The van der Waals surface area contributed by atoms with Crippen LogP contribution in [0.25, 0.3) is 0 Å². The Morgan fingerprint density at radius 3 is 2.11 bits per heavy atom. The summed E-state index contributed by atoms with van der Waals surface area (Å²) < 4.78 is 36.7. The van der Waals surface area contributed by atoms with Crippen molar-refractivity contribution in [2.45, 2.75) is 45.8 Å². The third-order valence-corrected chi connectivity index (χ3v) is 6.34. The van der Waals surface area contributed by atoms with Crippen LogP contribution in [0.3, 0.4) is 0 Å². The molecule has 0 radical (unpaired) electrons. The number of hydrogen-bond acceptors (Lipinski definition) is 6. The summed E-state index contributed by atoms with van der Waals surface area (Å²) >= 11 is 0. The van der Waals surface area contributed by atoms with E-state index in [2.05, 4.69) is 5.32 Å². The minimum Gasteiger partial charge on any atom is -0.497 e. The second-order valence-corrected chi connectivity index (χ2v) is 11.2. The van der Waals surface area contributed by atoms with Crippen molar-refractivity contribution in [3.05, 3.63) is 54.1 Å². The fourth-order valence-electron chi connectivity index (χ4n) is 3.36. The molecule has 0 unspecified atom stereocenters. The van der Waals surface area contributed by atoms with E-state index in [1.54, 1.807) is 56.5 Å². The first-order valence-corrected chi connectivity index (χ1v) is 13.0. The predicted octanol–water partition coefficient (Wildman–Crippen LogP) is 2.80. The van der Waals surface area contributed by atoms with Crippen molar-refractivity contribution in [3.63, 3.8) is 0 Å². The average Bonchev–Trinajstić information content (AvgIpc) is 2.78. The van der Waals surface area contributed by atoms with Crippen LogP contribution in [0.2, 0.25) is 0 Å². The molecule has 1 N–H and O–H groups in total. The van der Waals surface area contributed by atoms with E-state index in [1.165, 1.54) is 18.1 Å². The molecule has 2 aromatic rings. The van der Waals surface area contributed by atoms with E-state index in [0.29, 0.717) is 11.5 Å². The van der Waals surface area contributed by atoms with Crippen LogP contribution in [-0.4, -0.2) is 63.7 Å². The minimum absolute atomic E-state index is 0.108. The van der Waals surface area contributed by atoms with Gasteiger partial charge in [0.1, 0.15) is 24.1 Å². The molecule has 0 aliphatic carbocycles. The van der Waals surface area contributed by atoms with Crippen LogP contribution in [-0.2, 0) is 26.2 Å². The second-order valence-electron chi connectivity index (χ2n) is 9.26. The smallest absolute Gasteiger partial charge is 0.244 e. The lowest BCUT2D eigenvalue weighted by molar-refractivity contribution is -0.140. The fraction of sp³-hybridized carbons (Fsp3) is 0.440. The Kier molecular flexibility index (Phi) is 9.14. The highest BCUT2D eigenvalue weighted by Crippen LogP contribution is 2.24. The van der Waals surface area contributed by atoms with Crippen LogP contribution in [0.15, 0.2) is 48.5 Å². The molecule has 0 saturated heterocycles. The number of methoxy groups -OCH3 is 2. The highest BCUT2D eigenvalue weighted by atomic mass is 32.2. The average molecular weight is 506 g/mol. The Balaban J connectivity index is 2.41. The molecule has 9 nitrogen and oxygen atoms in total. The van der Waals surface area contributed by atoms with Crippen molar-refractivity contribution in [1.82, 2.24) is 10.2 Å².